The highest BCUT2D eigenvalue weighted by Crippen LogP contribution is 2.31. The van der Waals surface area contributed by atoms with Crippen molar-refractivity contribution in [2.24, 2.45) is 0 Å². The molecule has 0 heterocycles. The summed E-state index contributed by atoms with van der Waals surface area (Å²) in [5.74, 6) is 0. The maximum Gasteiger partial charge on any atom is 0.416 e. The normalized spacial score (nSPS) is 12.7. The van der Waals surface area contributed by atoms with E-state index in [1.165, 1.54) is 24.3 Å². The van der Waals surface area contributed by atoms with Crippen molar-refractivity contribution in [3.05, 3.63) is 70.8 Å². The number of halogens is 6. The van der Waals surface area contributed by atoms with E-state index in [1.54, 1.807) is 0 Å². The second-order valence-corrected chi connectivity index (χ2v) is 5.22. The number of nitrogens with zero attached hydrogens (tertiary/aromatic N) is 1. The molecule has 1 N–H and O–H groups in total. The van der Waals surface area contributed by atoms with Crippen LogP contribution in [0.1, 0.15) is 22.3 Å². The molecule has 0 aromatic heterocycles. The van der Waals surface area contributed by atoms with Crippen molar-refractivity contribution in [1.29, 1.82) is 0 Å². The molecule has 2 rings (SSSR count). The third kappa shape index (κ3) is 4.97. The van der Waals surface area contributed by atoms with Gasteiger partial charge in [-0.2, -0.15) is 31.4 Å². The molecule has 0 aliphatic heterocycles. The first-order chi connectivity index (χ1) is 11.1. The monoisotopic (exact) mass is 349 g/mol. The fourth-order valence-corrected chi connectivity index (χ4v) is 2.17. The Labute approximate surface area is 133 Å². The molecule has 0 amide bonds. The SMILES string of the molecule is ON(Cc1cccc(C(F)(F)F)c1)Cc1cccc(C(F)(F)F)c1. The summed E-state index contributed by atoms with van der Waals surface area (Å²) in [6, 6.07) is 8.77. The molecule has 24 heavy (non-hydrogen) atoms. The highest BCUT2D eigenvalue weighted by Gasteiger charge is 2.31. The van der Waals surface area contributed by atoms with E-state index in [2.05, 4.69) is 0 Å². The van der Waals surface area contributed by atoms with E-state index in [4.69, 9.17) is 0 Å². The molecule has 130 valence electrons. The topological polar surface area (TPSA) is 23.5 Å². The van der Waals surface area contributed by atoms with Crippen LogP contribution in [0.2, 0.25) is 0 Å². The van der Waals surface area contributed by atoms with Crippen molar-refractivity contribution in [2.75, 3.05) is 0 Å². The van der Waals surface area contributed by atoms with Crippen LogP contribution in [0.25, 0.3) is 0 Å². The lowest BCUT2D eigenvalue weighted by molar-refractivity contribution is -0.138. The van der Waals surface area contributed by atoms with Gasteiger partial charge in [0.2, 0.25) is 0 Å². The summed E-state index contributed by atoms with van der Waals surface area (Å²) in [6.07, 6.45) is -9.01. The van der Waals surface area contributed by atoms with E-state index in [0.717, 1.165) is 24.3 Å². The molecule has 0 unspecified atom stereocenters. The van der Waals surface area contributed by atoms with E-state index >= 15 is 0 Å². The lowest BCUT2D eigenvalue weighted by atomic mass is 10.1. The number of benzene rings is 2. The van der Waals surface area contributed by atoms with Crippen LogP contribution >= 0.6 is 0 Å². The molecule has 0 aliphatic rings. The molecule has 0 fully saturated rings. The van der Waals surface area contributed by atoms with E-state index in [1.807, 2.05) is 0 Å². The predicted molar refractivity (Wildman–Crippen MR) is 73.9 cm³/mol. The van der Waals surface area contributed by atoms with Gasteiger partial charge in [-0.25, -0.2) is 0 Å². The molecule has 0 saturated carbocycles. The van der Waals surface area contributed by atoms with E-state index in [0.29, 0.717) is 5.06 Å². The summed E-state index contributed by atoms with van der Waals surface area (Å²) in [4.78, 5) is 0. The average molecular weight is 349 g/mol. The van der Waals surface area contributed by atoms with Gasteiger partial charge in [-0.3, -0.25) is 0 Å². The molecule has 0 saturated heterocycles. The lowest BCUT2D eigenvalue weighted by Crippen LogP contribution is -2.19. The predicted octanol–water partition coefficient (Wildman–Crippen LogP) is 5.12. The Hall–Kier alpha value is -2.06. The van der Waals surface area contributed by atoms with Gasteiger partial charge < -0.3 is 5.21 Å². The smallest absolute Gasteiger partial charge is 0.313 e. The van der Waals surface area contributed by atoms with E-state index in [-0.39, 0.29) is 24.2 Å². The molecule has 2 nitrogen and oxygen atoms in total. The quantitative estimate of drug-likeness (QED) is 0.612. The van der Waals surface area contributed by atoms with Gasteiger partial charge in [0.15, 0.2) is 0 Å². The van der Waals surface area contributed by atoms with Gasteiger partial charge >= 0.3 is 12.4 Å². The summed E-state index contributed by atoms with van der Waals surface area (Å²) >= 11 is 0. The molecule has 0 spiro atoms. The summed E-state index contributed by atoms with van der Waals surface area (Å²) in [5.41, 5.74) is -1.32. The third-order valence-electron chi connectivity index (χ3n) is 3.24. The van der Waals surface area contributed by atoms with Crippen molar-refractivity contribution >= 4 is 0 Å². The van der Waals surface area contributed by atoms with Gasteiger partial charge in [-0.15, -0.1) is 0 Å². The van der Waals surface area contributed by atoms with Gasteiger partial charge in [0, 0.05) is 13.1 Å². The highest BCUT2D eigenvalue weighted by molar-refractivity contribution is 5.27. The first kappa shape index (κ1) is 18.3. The summed E-state index contributed by atoms with van der Waals surface area (Å²) in [7, 11) is 0. The minimum Gasteiger partial charge on any atom is -0.313 e. The van der Waals surface area contributed by atoms with E-state index in [9.17, 15) is 31.5 Å². The van der Waals surface area contributed by atoms with Gasteiger partial charge in [-0.05, 0) is 23.3 Å². The molecule has 0 aliphatic carbocycles. The fourth-order valence-electron chi connectivity index (χ4n) is 2.17. The summed E-state index contributed by atoms with van der Waals surface area (Å²) in [6.45, 7) is -0.500. The number of rotatable bonds is 4. The largest absolute Gasteiger partial charge is 0.416 e. The lowest BCUT2D eigenvalue weighted by Gasteiger charge is -2.17. The standard InChI is InChI=1S/C16H13F6NO/c17-15(18,19)13-5-1-3-11(7-13)9-23(24)10-12-4-2-6-14(8-12)16(20,21)22/h1-8,24H,9-10H2. The third-order valence-corrected chi connectivity index (χ3v) is 3.24. The van der Waals surface area contributed by atoms with Crippen molar-refractivity contribution in [2.45, 2.75) is 25.4 Å². The number of hydrogen-bond acceptors (Lipinski definition) is 2. The number of alkyl halides is 6. The van der Waals surface area contributed by atoms with Crippen LogP contribution < -0.4 is 0 Å². The average Bonchev–Trinajstić information content (AvgIpc) is 2.46. The number of hydrogen-bond donors (Lipinski definition) is 1. The zero-order chi connectivity index (χ0) is 18.0. The van der Waals surface area contributed by atoms with Crippen LogP contribution in [-0.4, -0.2) is 10.3 Å². The summed E-state index contributed by atoms with van der Waals surface area (Å²) < 4.78 is 75.8. The Morgan fingerprint density at radius 2 is 1.08 bits per heavy atom. The zero-order valence-corrected chi connectivity index (χ0v) is 12.2. The maximum atomic E-state index is 12.6. The van der Waals surface area contributed by atoms with Gasteiger partial charge in [-0.1, -0.05) is 36.4 Å². The highest BCUT2D eigenvalue weighted by atomic mass is 19.4. The fraction of sp³-hybridized carbons (Fsp3) is 0.250. The van der Waals surface area contributed by atoms with Crippen LogP contribution in [0, 0.1) is 0 Å². The van der Waals surface area contributed by atoms with Crippen molar-refractivity contribution in [3.8, 4) is 0 Å². The maximum absolute atomic E-state index is 12.6. The number of hydroxylamine groups is 2. The molecular weight excluding hydrogens is 336 g/mol. The van der Waals surface area contributed by atoms with Gasteiger partial charge in [0.25, 0.3) is 0 Å². The second kappa shape index (κ2) is 6.82. The van der Waals surface area contributed by atoms with Crippen LogP contribution in [0.5, 0.6) is 0 Å². The summed E-state index contributed by atoms with van der Waals surface area (Å²) in [5, 5.41) is 10.5. The van der Waals surface area contributed by atoms with Crippen LogP contribution in [0.4, 0.5) is 26.3 Å². The first-order valence-corrected chi connectivity index (χ1v) is 6.82. The van der Waals surface area contributed by atoms with Gasteiger partial charge in [0.1, 0.15) is 0 Å². The van der Waals surface area contributed by atoms with E-state index < -0.39 is 23.5 Å². The second-order valence-electron chi connectivity index (χ2n) is 5.22. The Morgan fingerprint density at radius 3 is 1.42 bits per heavy atom. The molecule has 2 aromatic rings. The minimum absolute atomic E-state index is 0.194. The molecule has 8 heteroatoms. The zero-order valence-electron chi connectivity index (χ0n) is 12.2. The van der Waals surface area contributed by atoms with Crippen LogP contribution in [0.15, 0.2) is 48.5 Å². The molecule has 0 atom stereocenters. The molecular formula is C16H13F6NO. The van der Waals surface area contributed by atoms with Crippen molar-refractivity contribution < 1.29 is 31.5 Å². The molecule has 2 aromatic carbocycles. The molecule has 0 bridgehead atoms. The van der Waals surface area contributed by atoms with Gasteiger partial charge in [0.05, 0.1) is 11.1 Å². The first-order valence-electron chi connectivity index (χ1n) is 6.82. The Bertz CT molecular complexity index is 636. The Kier molecular flexibility index (Phi) is 5.19. The molecule has 0 radical (unpaired) electrons. The van der Waals surface area contributed by atoms with Crippen LogP contribution in [-0.2, 0) is 25.4 Å². The minimum atomic E-state index is -4.50. The Morgan fingerprint density at radius 1 is 0.708 bits per heavy atom. The van der Waals surface area contributed by atoms with Crippen molar-refractivity contribution in [1.82, 2.24) is 5.06 Å². The van der Waals surface area contributed by atoms with Crippen molar-refractivity contribution in [3.63, 3.8) is 0 Å². The Balaban J connectivity index is 2.08. The van der Waals surface area contributed by atoms with Crippen LogP contribution in [0.3, 0.4) is 0 Å².